The predicted octanol–water partition coefficient (Wildman–Crippen LogP) is 1.50. The van der Waals surface area contributed by atoms with Gasteiger partial charge in [-0.15, -0.1) is 0 Å². The molecule has 6 nitrogen and oxygen atoms in total. The van der Waals surface area contributed by atoms with Gasteiger partial charge in [-0.1, -0.05) is 11.6 Å². The molecule has 0 spiro atoms. The largest absolute Gasteiger partial charge is 0.355 e. The van der Waals surface area contributed by atoms with Gasteiger partial charge in [0.05, 0.1) is 13.1 Å². The molecule has 2 N–H and O–H groups in total. The van der Waals surface area contributed by atoms with Crippen molar-refractivity contribution in [3.8, 4) is 0 Å². The Morgan fingerprint density at radius 3 is 3.13 bits per heavy atom. The lowest BCUT2D eigenvalue weighted by Gasteiger charge is -2.23. The summed E-state index contributed by atoms with van der Waals surface area (Å²) < 4.78 is 1.96. The maximum atomic E-state index is 11.9. The SMILES string of the molecule is Cc1nc2n(n1)C[C@@H](NCC(=O)NCCC1=CCCCC1)CC2. The number of allylic oxidation sites excluding steroid dienone is 1. The summed E-state index contributed by atoms with van der Waals surface area (Å²) in [6.45, 7) is 3.86. The molecule has 0 aromatic carbocycles. The summed E-state index contributed by atoms with van der Waals surface area (Å²) >= 11 is 0. The molecule has 0 fully saturated rings. The van der Waals surface area contributed by atoms with Crippen molar-refractivity contribution in [2.75, 3.05) is 13.1 Å². The van der Waals surface area contributed by atoms with Gasteiger partial charge in [0.1, 0.15) is 11.6 Å². The Kier molecular flexibility index (Phi) is 5.43. The molecule has 0 saturated carbocycles. The van der Waals surface area contributed by atoms with E-state index in [0.29, 0.717) is 12.6 Å². The molecule has 1 amide bonds. The first-order chi connectivity index (χ1) is 11.2. The van der Waals surface area contributed by atoms with Gasteiger partial charge in [-0.3, -0.25) is 4.79 Å². The number of aryl methyl sites for hydroxylation is 2. The van der Waals surface area contributed by atoms with Crippen LogP contribution in [0.4, 0.5) is 0 Å². The Bertz CT molecular complexity index is 578. The molecular weight excluding hydrogens is 290 g/mol. The first-order valence-corrected chi connectivity index (χ1v) is 8.79. The van der Waals surface area contributed by atoms with Gasteiger partial charge in [0, 0.05) is 19.0 Å². The van der Waals surface area contributed by atoms with Crippen molar-refractivity contribution in [2.45, 2.75) is 64.5 Å². The second-order valence-corrected chi connectivity index (χ2v) is 6.58. The van der Waals surface area contributed by atoms with Gasteiger partial charge in [0.15, 0.2) is 0 Å². The fourth-order valence-corrected chi connectivity index (χ4v) is 3.39. The Labute approximate surface area is 137 Å². The van der Waals surface area contributed by atoms with Crippen LogP contribution in [-0.4, -0.2) is 39.8 Å². The third-order valence-corrected chi connectivity index (χ3v) is 4.67. The number of aromatic nitrogens is 3. The van der Waals surface area contributed by atoms with E-state index in [1.807, 2.05) is 11.6 Å². The molecular formula is C17H27N5O. The van der Waals surface area contributed by atoms with Gasteiger partial charge in [-0.25, -0.2) is 9.67 Å². The first-order valence-electron chi connectivity index (χ1n) is 8.79. The van der Waals surface area contributed by atoms with Crippen molar-refractivity contribution >= 4 is 5.91 Å². The van der Waals surface area contributed by atoms with Crippen LogP contribution in [0.15, 0.2) is 11.6 Å². The van der Waals surface area contributed by atoms with Crippen molar-refractivity contribution in [1.29, 1.82) is 0 Å². The van der Waals surface area contributed by atoms with Crippen LogP contribution in [0.5, 0.6) is 0 Å². The molecule has 0 bridgehead atoms. The molecule has 2 heterocycles. The summed E-state index contributed by atoms with van der Waals surface area (Å²) in [4.78, 5) is 16.4. The predicted molar refractivity (Wildman–Crippen MR) is 89.0 cm³/mol. The number of fused-ring (bicyclic) bond motifs is 1. The highest BCUT2D eigenvalue weighted by atomic mass is 16.1. The second-order valence-electron chi connectivity index (χ2n) is 6.58. The van der Waals surface area contributed by atoms with E-state index < -0.39 is 0 Å². The van der Waals surface area contributed by atoms with Crippen LogP contribution in [0.25, 0.3) is 0 Å². The van der Waals surface area contributed by atoms with E-state index in [1.165, 1.54) is 31.3 Å². The molecule has 126 valence electrons. The van der Waals surface area contributed by atoms with Gasteiger partial charge in [-0.05, 0) is 45.4 Å². The summed E-state index contributed by atoms with van der Waals surface area (Å²) in [5, 5.41) is 10.7. The Balaban J connectivity index is 1.34. The topological polar surface area (TPSA) is 71.8 Å². The zero-order chi connectivity index (χ0) is 16.1. The molecule has 3 rings (SSSR count). The smallest absolute Gasteiger partial charge is 0.233 e. The van der Waals surface area contributed by atoms with Crippen molar-refractivity contribution in [3.05, 3.63) is 23.3 Å². The minimum atomic E-state index is 0.0852. The molecule has 0 unspecified atom stereocenters. The molecule has 6 heteroatoms. The van der Waals surface area contributed by atoms with Gasteiger partial charge < -0.3 is 10.6 Å². The fraction of sp³-hybridized carbons (Fsp3) is 0.706. The molecule has 2 aliphatic rings. The molecule has 0 saturated heterocycles. The molecule has 1 atom stereocenters. The van der Waals surface area contributed by atoms with Gasteiger partial charge in [0.25, 0.3) is 0 Å². The van der Waals surface area contributed by atoms with Crippen molar-refractivity contribution in [3.63, 3.8) is 0 Å². The average molecular weight is 317 g/mol. The Morgan fingerprint density at radius 2 is 2.30 bits per heavy atom. The lowest BCUT2D eigenvalue weighted by atomic mass is 9.97. The van der Waals surface area contributed by atoms with E-state index in [0.717, 1.165) is 44.0 Å². The fourth-order valence-electron chi connectivity index (χ4n) is 3.39. The van der Waals surface area contributed by atoms with Crippen LogP contribution in [0, 0.1) is 6.92 Å². The lowest BCUT2D eigenvalue weighted by Crippen LogP contribution is -2.43. The normalized spacial score (nSPS) is 20.7. The minimum Gasteiger partial charge on any atom is -0.355 e. The number of amides is 1. The number of rotatable bonds is 6. The van der Waals surface area contributed by atoms with E-state index in [4.69, 9.17) is 0 Å². The maximum Gasteiger partial charge on any atom is 0.233 e. The van der Waals surface area contributed by atoms with Crippen molar-refractivity contribution in [2.24, 2.45) is 0 Å². The number of hydrogen-bond donors (Lipinski definition) is 2. The Hall–Kier alpha value is -1.69. The molecule has 1 aliphatic heterocycles. The molecule has 1 aliphatic carbocycles. The van der Waals surface area contributed by atoms with Crippen LogP contribution in [0.2, 0.25) is 0 Å². The highest BCUT2D eigenvalue weighted by Crippen LogP contribution is 2.19. The third kappa shape index (κ3) is 4.64. The van der Waals surface area contributed by atoms with Crippen LogP contribution in [0.1, 0.15) is 50.2 Å². The summed E-state index contributed by atoms with van der Waals surface area (Å²) in [7, 11) is 0. The first kappa shape index (κ1) is 16.2. The number of nitrogens with zero attached hydrogens (tertiary/aromatic N) is 3. The highest BCUT2D eigenvalue weighted by molar-refractivity contribution is 5.78. The summed E-state index contributed by atoms with van der Waals surface area (Å²) in [5.74, 6) is 1.98. The monoisotopic (exact) mass is 317 g/mol. The minimum absolute atomic E-state index is 0.0852. The summed E-state index contributed by atoms with van der Waals surface area (Å²) in [6.07, 6.45) is 10.3. The van der Waals surface area contributed by atoms with E-state index in [9.17, 15) is 4.79 Å². The average Bonchev–Trinajstić information content (AvgIpc) is 2.93. The van der Waals surface area contributed by atoms with E-state index in [2.05, 4.69) is 26.8 Å². The van der Waals surface area contributed by atoms with E-state index in [1.54, 1.807) is 0 Å². The standard InChI is InChI=1S/C17H27N5O/c1-13-20-16-8-7-15(12-22(16)21-13)19-11-17(23)18-10-9-14-5-3-2-4-6-14/h5,15,19H,2-4,6-12H2,1H3,(H,18,23)/t15-/m0/s1. The molecule has 1 aromatic rings. The van der Waals surface area contributed by atoms with Gasteiger partial charge >= 0.3 is 0 Å². The summed E-state index contributed by atoms with van der Waals surface area (Å²) in [6, 6.07) is 0.301. The number of nitrogens with one attached hydrogen (secondary N) is 2. The lowest BCUT2D eigenvalue weighted by molar-refractivity contribution is -0.120. The Morgan fingerprint density at radius 1 is 1.39 bits per heavy atom. The summed E-state index contributed by atoms with van der Waals surface area (Å²) in [5.41, 5.74) is 1.51. The molecule has 0 radical (unpaired) electrons. The van der Waals surface area contributed by atoms with Crippen LogP contribution in [0.3, 0.4) is 0 Å². The molecule has 23 heavy (non-hydrogen) atoms. The maximum absolute atomic E-state index is 11.9. The van der Waals surface area contributed by atoms with Gasteiger partial charge in [0.2, 0.25) is 5.91 Å². The van der Waals surface area contributed by atoms with Crippen LogP contribution in [-0.2, 0) is 17.8 Å². The quantitative estimate of drug-likeness (QED) is 0.780. The molecule has 1 aromatic heterocycles. The van der Waals surface area contributed by atoms with E-state index >= 15 is 0 Å². The van der Waals surface area contributed by atoms with Crippen molar-refractivity contribution in [1.82, 2.24) is 25.4 Å². The second kappa shape index (κ2) is 7.73. The zero-order valence-electron chi connectivity index (χ0n) is 14.0. The van der Waals surface area contributed by atoms with E-state index in [-0.39, 0.29) is 5.91 Å². The van der Waals surface area contributed by atoms with Crippen LogP contribution >= 0.6 is 0 Å². The highest BCUT2D eigenvalue weighted by Gasteiger charge is 2.20. The number of carbonyl (C=O) groups excluding carboxylic acids is 1. The number of hydrogen-bond acceptors (Lipinski definition) is 4. The number of carbonyl (C=O) groups is 1. The van der Waals surface area contributed by atoms with Gasteiger partial charge in [-0.2, -0.15) is 5.10 Å². The van der Waals surface area contributed by atoms with Crippen LogP contribution < -0.4 is 10.6 Å². The third-order valence-electron chi connectivity index (χ3n) is 4.67. The zero-order valence-corrected chi connectivity index (χ0v) is 14.0. The van der Waals surface area contributed by atoms with Crippen molar-refractivity contribution < 1.29 is 4.79 Å².